The van der Waals surface area contributed by atoms with Crippen LogP contribution in [0.4, 0.5) is 0 Å². The molecule has 0 spiro atoms. The molecule has 3 aromatic heterocycles. The van der Waals surface area contributed by atoms with E-state index in [1.54, 1.807) is 11.3 Å². The van der Waals surface area contributed by atoms with Crippen LogP contribution in [0.1, 0.15) is 66.7 Å². The Morgan fingerprint density at radius 2 is 1.68 bits per heavy atom. The zero-order valence-corrected chi connectivity index (χ0v) is 23.9. The fraction of sp³-hybridized carbons (Fsp3) is 0.455. The predicted octanol–water partition coefficient (Wildman–Crippen LogP) is 7.52. The minimum Gasteiger partial charge on any atom is -0.346 e. The number of rotatable bonds is 9. The third kappa shape index (κ3) is 4.65. The molecule has 0 radical (unpaired) electrons. The van der Waals surface area contributed by atoms with Crippen molar-refractivity contribution in [2.45, 2.75) is 71.8 Å². The topological polar surface area (TPSA) is 57.8 Å². The Balaban J connectivity index is 1.31. The molecule has 4 nitrogen and oxygen atoms in total. The van der Waals surface area contributed by atoms with Crippen LogP contribution in [0.15, 0.2) is 48.8 Å². The van der Waals surface area contributed by atoms with Gasteiger partial charge in [0.05, 0.1) is 11.1 Å². The number of hydrogen-bond donors (Lipinski definition) is 2. The van der Waals surface area contributed by atoms with Crippen molar-refractivity contribution in [2.24, 2.45) is 17.8 Å². The fourth-order valence-corrected chi connectivity index (χ4v) is 8.30. The van der Waals surface area contributed by atoms with Gasteiger partial charge in [-0.05, 0) is 120 Å². The van der Waals surface area contributed by atoms with Crippen molar-refractivity contribution in [1.82, 2.24) is 15.3 Å². The van der Waals surface area contributed by atoms with Gasteiger partial charge in [-0.15, -0.1) is 11.3 Å². The first kappa shape index (κ1) is 25.5. The second kappa shape index (κ2) is 10.1. The number of thiophene rings is 1. The van der Waals surface area contributed by atoms with Gasteiger partial charge in [0.15, 0.2) is 0 Å². The van der Waals surface area contributed by atoms with Crippen molar-refractivity contribution in [1.29, 1.82) is 0 Å². The van der Waals surface area contributed by atoms with E-state index < -0.39 is 5.41 Å². The average molecular weight is 526 g/mol. The van der Waals surface area contributed by atoms with Crippen LogP contribution >= 0.6 is 11.3 Å². The number of aromatic nitrogens is 2. The number of nitrogens with zero attached hydrogens (tertiary/aromatic N) is 1. The molecule has 4 aromatic rings. The van der Waals surface area contributed by atoms with Crippen molar-refractivity contribution >= 4 is 27.3 Å². The summed E-state index contributed by atoms with van der Waals surface area (Å²) in [5.74, 6) is 1.98. The largest absolute Gasteiger partial charge is 0.346 e. The molecule has 6 rings (SSSR count). The molecular weight excluding hydrogens is 486 g/mol. The molecule has 2 saturated carbocycles. The van der Waals surface area contributed by atoms with Gasteiger partial charge in [-0.3, -0.25) is 9.78 Å². The number of fused-ring (bicyclic) bond motifs is 3. The molecule has 38 heavy (non-hydrogen) atoms. The van der Waals surface area contributed by atoms with E-state index in [2.05, 4.69) is 79.4 Å². The van der Waals surface area contributed by atoms with Crippen LogP contribution in [0, 0.1) is 31.6 Å². The molecule has 5 heteroatoms. The molecule has 0 saturated heterocycles. The lowest BCUT2D eigenvalue weighted by Crippen LogP contribution is -2.36. The quantitative estimate of drug-likeness (QED) is 0.222. The Labute approximate surface area is 230 Å². The van der Waals surface area contributed by atoms with Gasteiger partial charge < -0.3 is 10.3 Å². The number of pyridine rings is 1. The highest BCUT2D eigenvalue weighted by Gasteiger charge is 2.50. The average Bonchev–Trinajstić information content (AvgIpc) is 3.67. The van der Waals surface area contributed by atoms with Gasteiger partial charge in [-0.1, -0.05) is 17.2 Å². The molecule has 198 valence electrons. The molecule has 0 unspecified atom stereocenters. The van der Waals surface area contributed by atoms with Gasteiger partial charge in [0.2, 0.25) is 0 Å². The maximum absolute atomic E-state index is 13.9. The minimum absolute atomic E-state index is 0.269. The van der Waals surface area contributed by atoms with Gasteiger partial charge in [-0.25, -0.2) is 0 Å². The van der Waals surface area contributed by atoms with E-state index in [0.29, 0.717) is 17.6 Å². The summed E-state index contributed by atoms with van der Waals surface area (Å²) >= 11 is 1.78. The summed E-state index contributed by atoms with van der Waals surface area (Å²) in [6.45, 7) is 10.3. The molecule has 2 bridgehead atoms. The number of ketones is 1. The summed E-state index contributed by atoms with van der Waals surface area (Å²) in [6.07, 6.45) is 9.67. The van der Waals surface area contributed by atoms with Gasteiger partial charge in [0, 0.05) is 40.7 Å². The van der Waals surface area contributed by atoms with Crippen LogP contribution in [0.3, 0.4) is 0 Å². The Hall–Kier alpha value is -2.76. The lowest BCUT2D eigenvalue weighted by atomic mass is 9.76. The van der Waals surface area contributed by atoms with Crippen molar-refractivity contribution in [2.75, 3.05) is 6.54 Å². The highest BCUT2D eigenvalue weighted by Crippen LogP contribution is 2.52. The first-order chi connectivity index (χ1) is 18.3. The fourth-order valence-electron chi connectivity index (χ4n) is 7.10. The lowest BCUT2D eigenvalue weighted by Gasteiger charge is -2.27. The van der Waals surface area contributed by atoms with Gasteiger partial charge >= 0.3 is 0 Å². The molecule has 1 aromatic carbocycles. The summed E-state index contributed by atoms with van der Waals surface area (Å²) in [4.78, 5) is 24.2. The van der Waals surface area contributed by atoms with Crippen LogP contribution in [0.2, 0.25) is 0 Å². The van der Waals surface area contributed by atoms with Gasteiger partial charge in [-0.2, -0.15) is 0 Å². The molecule has 0 amide bonds. The van der Waals surface area contributed by atoms with Crippen LogP contribution < -0.4 is 5.32 Å². The summed E-state index contributed by atoms with van der Waals surface area (Å²) in [5.41, 5.74) is 7.11. The van der Waals surface area contributed by atoms with Crippen molar-refractivity contribution in [3.8, 4) is 11.3 Å². The first-order valence-electron chi connectivity index (χ1n) is 14.2. The zero-order chi connectivity index (χ0) is 26.4. The van der Waals surface area contributed by atoms with E-state index in [1.807, 2.05) is 12.4 Å². The Morgan fingerprint density at radius 1 is 1.03 bits per heavy atom. The molecule has 0 atom stereocenters. The number of aromatic amines is 1. The van der Waals surface area contributed by atoms with Crippen molar-refractivity contribution < 1.29 is 4.79 Å². The number of benzene rings is 1. The summed E-state index contributed by atoms with van der Waals surface area (Å²) in [5, 5.41) is 4.96. The third-order valence-electron chi connectivity index (χ3n) is 9.12. The smallest absolute Gasteiger partial charge is 0.147 e. The maximum atomic E-state index is 13.9. The van der Waals surface area contributed by atoms with Crippen LogP contribution in [-0.2, 0) is 23.2 Å². The van der Waals surface area contributed by atoms with E-state index in [9.17, 15) is 4.79 Å². The molecule has 0 aliphatic heterocycles. The predicted molar refractivity (Wildman–Crippen MR) is 158 cm³/mol. The highest BCUT2D eigenvalue weighted by atomic mass is 32.1. The molecule has 2 aliphatic rings. The van der Waals surface area contributed by atoms with E-state index in [-0.39, 0.29) is 5.92 Å². The van der Waals surface area contributed by atoms with E-state index in [4.69, 9.17) is 0 Å². The number of carbonyl (C=O) groups is 1. The van der Waals surface area contributed by atoms with Gasteiger partial charge in [0.1, 0.15) is 10.6 Å². The molecular formula is C33H39N3OS. The maximum Gasteiger partial charge on any atom is 0.147 e. The minimum atomic E-state index is -0.452. The number of aryl methyl sites for hydroxylation is 2. The van der Waals surface area contributed by atoms with E-state index in [0.717, 1.165) is 19.5 Å². The number of carbonyl (C=O) groups excluding carboxylic acids is 1. The Bertz CT molecular complexity index is 1420. The zero-order valence-electron chi connectivity index (χ0n) is 23.1. The SMILES string of the molecule is Cc1cc(C)cc(-c2[nH]c3sc(C(C)(C)C(=O)C4C5CCC4CC5)cc3c2CNCCc2ccncc2)c1. The standard InChI is InChI=1S/C33H39N3OS/c1-20-15-21(2)17-25(16-20)30-27(19-35-14-11-22-9-12-34-13-10-22)26-18-28(38-32(26)36-30)33(3,4)31(37)29-23-5-6-24(29)8-7-23/h9-10,12-13,15-18,23-24,29,35-36H,5-8,11,14,19H2,1-4H3. The summed E-state index contributed by atoms with van der Waals surface area (Å²) in [6, 6.07) is 13.2. The molecule has 2 fully saturated rings. The summed E-state index contributed by atoms with van der Waals surface area (Å²) in [7, 11) is 0. The Kier molecular flexibility index (Phi) is 6.77. The lowest BCUT2D eigenvalue weighted by molar-refractivity contribution is -0.128. The molecule has 2 N–H and O–H groups in total. The summed E-state index contributed by atoms with van der Waals surface area (Å²) < 4.78 is 0. The second-order valence-electron chi connectivity index (χ2n) is 12.2. The second-order valence-corrected chi connectivity index (χ2v) is 13.2. The molecule has 2 aliphatic carbocycles. The monoisotopic (exact) mass is 525 g/mol. The van der Waals surface area contributed by atoms with Crippen molar-refractivity contribution in [3.63, 3.8) is 0 Å². The molecule has 3 heterocycles. The third-order valence-corrected chi connectivity index (χ3v) is 10.5. The van der Waals surface area contributed by atoms with Gasteiger partial charge in [0.25, 0.3) is 0 Å². The van der Waals surface area contributed by atoms with E-state index >= 15 is 0 Å². The number of nitrogens with one attached hydrogen (secondary N) is 2. The number of Topliss-reactive ketones (excluding diaryl/α,β-unsaturated/α-hetero) is 1. The van der Waals surface area contributed by atoms with Crippen LogP contribution in [0.5, 0.6) is 0 Å². The van der Waals surface area contributed by atoms with Crippen LogP contribution in [-0.4, -0.2) is 22.3 Å². The number of hydrogen-bond acceptors (Lipinski definition) is 4. The Morgan fingerprint density at radius 3 is 2.34 bits per heavy atom. The highest BCUT2D eigenvalue weighted by molar-refractivity contribution is 7.19. The number of H-pyrrole nitrogens is 1. The van der Waals surface area contributed by atoms with E-state index in [1.165, 1.54) is 74.3 Å². The van der Waals surface area contributed by atoms with Crippen molar-refractivity contribution in [3.05, 3.63) is 75.9 Å². The normalized spacial score (nSPS) is 21.0. The first-order valence-corrected chi connectivity index (χ1v) is 15.0. The van der Waals surface area contributed by atoms with Crippen LogP contribution in [0.25, 0.3) is 21.5 Å².